The zero-order valence-corrected chi connectivity index (χ0v) is 9.96. The molecule has 0 unspecified atom stereocenters. The van der Waals surface area contributed by atoms with Crippen LogP contribution in [0.1, 0.15) is 0 Å². The molecule has 16 heavy (non-hydrogen) atoms. The number of hydrogen-bond donors (Lipinski definition) is 0. The number of fused-ring (bicyclic) bond motifs is 1. The van der Waals surface area contributed by atoms with E-state index in [0.29, 0.717) is 0 Å². The van der Waals surface area contributed by atoms with E-state index in [1.807, 2.05) is 36.0 Å². The molecule has 0 atom stereocenters. The second-order valence-corrected chi connectivity index (χ2v) is 5.47. The first-order valence-corrected chi connectivity index (χ1v) is 6.53. The first-order valence-electron chi connectivity index (χ1n) is 4.84. The minimum atomic E-state index is 1.02. The van der Waals surface area contributed by atoms with Crippen LogP contribution in [-0.4, -0.2) is 9.97 Å². The van der Waals surface area contributed by atoms with Crippen molar-refractivity contribution >= 4 is 34.0 Å². The number of pyridine rings is 1. The summed E-state index contributed by atoms with van der Waals surface area (Å²) in [6.45, 7) is 0. The molecule has 1 aromatic carbocycles. The first kappa shape index (κ1) is 9.81. The summed E-state index contributed by atoms with van der Waals surface area (Å²) in [4.78, 5) is 8.64. The molecule has 0 amide bonds. The largest absolute Gasteiger partial charge is 0.252 e. The van der Waals surface area contributed by atoms with Crippen LogP contribution < -0.4 is 0 Å². The lowest BCUT2D eigenvalue weighted by Gasteiger charge is -2.00. The maximum absolute atomic E-state index is 4.59. The van der Waals surface area contributed by atoms with Crippen molar-refractivity contribution in [1.29, 1.82) is 0 Å². The fourth-order valence-corrected chi connectivity index (χ4v) is 2.99. The molecular weight excluding hydrogens is 236 g/mol. The van der Waals surface area contributed by atoms with E-state index >= 15 is 0 Å². The maximum Gasteiger partial charge on any atom is 0.102 e. The summed E-state index contributed by atoms with van der Waals surface area (Å²) >= 11 is 3.29. The van der Waals surface area contributed by atoms with Gasteiger partial charge in [0.25, 0.3) is 0 Å². The smallest absolute Gasteiger partial charge is 0.102 e. The standard InChI is InChI=1S/C12H8N2S2/c1-2-4-10-9(3-1)5-6-11(14-10)16-12-7-13-8-15-12/h1-8H. The van der Waals surface area contributed by atoms with Gasteiger partial charge in [0.05, 0.1) is 21.4 Å². The summed E-state index contributed by atoms with van der Waals surface area (Å²) in [5.41, 5.74) is 2.88. The maximum atomic E-state index is 4.59. The van der Waals surface area contributed by atoms with Gasteiger partial charge in [-0.15, -0.1) is 11.3 Å². The van der Waals surface area contributed by atoms with Crippen LogP contribution in [0.15, 0.2) is 57.3 Å². The van der Waals surface area contributed by atoms with Crippen LogP contribution in [0.5, 0.6) is 0 Å². The lowest BCUT2D eigenvalue weighted by molar-refractivity contribution is 1.19. The molecule has 0 bridgehead atoms. The molecule has 0 aliphatic rings. The monoisotopic (exact) mass is 244 g/mol. The van der Waals surface area contributed by atoms with Crippen LogP contribution in [0.4, 0.5) is 0 Å². The highest BCUT2D eigenvalue weighted by atomic mass is 32.2. The molecule has 0 radical (unpaired) electrons. The Morgan fingerprint density at radius 1 is 1.06 bits per heavy atom. The highest BCUT2D eigenvalue weighted by Crippen LogP contribution is 2.29. The van der Waals surface area contributed by atoms with Crippen molar-refractivity contribution in [2.75, 3.05) is 0 Å². The van der Waals surface area contributed by atoms with Gasteiger partial charge in [0.15, 0.2) is 0 Å². The predicted octanol–water partition coefficient (Wildman–Crippen LogP) is 3.84. The zero-order chi connectivity index (χ0) is 10.8. The number of rotatable bonds is 2. The van der Waals surface area contributed by atoms with Crippen molar-refractivity contribution in [2.24, 2.45) is 0 Å². The Bertz CT molecular complexity index is 605. The fourth-order valence-electron chi connectivity index (χ4n) is 1.46. The molecule has 0 saturated carbocycles. The molecular formula is C12H8N2S2. The molecule has 0 spiro atoms. The van der Waals surface area contributed by atoms with Gasteiger partial charge in [-0.25, -0.2) is 4.98 Å². The zero-order valence-electron chi connectivity index (χ0n) is 8.33. The van der Waals surface area contributed by atoms with Gasteiger partial charge < -0.3 is 0 Å². The number of benzene rings is 1. The van der Waals surface area contributed by atoms with Crippen molar-refractivity contribution in [1.82, 2.24) is 9.97 Å². The lowest BCUT2D eigenvalue weighted by atomic mass is 10.2. The van der Waals surface area contributed by atoms with Crippen LogP contribution in [0.2, 0.25) is 0 Å². The van der Waals surface area contributed by atoms with Crippen LogP contribution in [0, 0.1) is 0 Å². The average Bonchev–Trinajstić information content (AvgIpc) is 2.82. The number of thiazole rings is 1. The molecule has 0 N–H and O–H groups in total. The van der Waals surface area contributed by atoms with Gasteiger partial charge >= 0.3 is 0 Å². The molecule has 4 heteroatoms. The SMILES string of the molecule is c1ccc2nc(Sc3cncs3)ccc2c1. The molecule has 3 aromatic rings. The molecule has 78 valence electrons. The van der Waals surface area contributed by atoms with E-state index in [0.717, 1.165) is 10.5 Å². The summed E-state index contributed by atoms with van der Waals surface area (Å²) in [6.07, 6.45) is 1.87. The van der Waals surface area contributed by atoms with E-state index in [1.54, 1.807) is 23.1 Å². The molecule has 0 saturated heterocycles. The Kier molecular flexibility index (Phi) is 2.60. The van der Waals surface area contributed by atoms with Crippen LogP contribution in [-0.2, 0) is 0 Å². The number of para-hydroxylation sites is 1. The van der Waals surface area contributed by atoms with E-state index in [9.17, 15) is 0 Å². The first-order chi connectivity index (χ1) is 7.92. The Morgan fingerprint density at radius 2 is 2.00 bits per heavy atom. The number of nitrogens with zero attached hydrogens (tertiary/aromatic N) is 2. The molecule has 0 aliphatic carbocycles. The van der Waals surface area contributed by atoms with Gasteiger partial charge in [-0.1, -0.05) is 36.0 Å². The predicted molar refractivity (Wildman–Crippen MR) is 68.0 cm³/mol. The fraction of sp³-hybridized carbons (Fsp3) is 0. The van der Waals surface area contributed by atoms with Crippen LogP contribution in [0.25, 0.3) is 10.9 Å². The van der Waals surface area contributed by atoms with Gasteiger partial charge in [0, 0.05) is 5.39 Å². The normalized spacial score (nSPS) is 10.8. The third kappa shape index (κ3) is 1.94. The number of aromatic nitrogens is 2. The molecule has 2 nitrogen and oxygen atoms in total. The Hall–Kier alpha value is -1.39. The summed E-state index contributed by atoms with van der Waals surface area (Å²) < 4.78 is 1.17. The third-order valence-electron chi connectivity index (χ3n) is 2.19. The van der Waals surface area contributed by atoms with Crippen molar-refractivity contribution in [3.05, 3.63) is 48.1 Å². The van der Waals surface area contributed by atoms with E-state index in [-0.39, 0.29) is 0 Å². The van der Waals surface area contributed by atoms with E-state index in [1.165, 1.54) is 9.60 Å². The second-order valence-electron chi connectivity index (χ2n) is 3.26. The second kappa shape index (κ2) is 4.23. The summed E-state index contributed by atoms with van der Waals surface area (Å²) in [5.74, 6) is 0. The van der Waals surface area contributed by atoms with E-state index < -0.39 is 0 Å². The summed E-state index contributed by atoms with van der Waals surface area (Å²) in [5, 5.41) is 2.19. The Labute approximate surface area is 101 Å². The summed E-state index contributed by atoms with van der Waals surface area (Å²) in [7, 11) is 0. The third-order valence-corrected chi connectivity index (χ3v) is 4.03. The average molecular weight is 244 g/mol. The quantitative estimate of drug-likeness (QED) is 0.685. The molecule has 3 rings (SSSR count). The van der Waals surface area contributed by atoms with Gasteiger partial charge in [-0.05, 0) is 12.1 Å². The van der Waals surface area contributed by atoms with Gasteiger partial charge in [-0.3, -0.25) is 4.98 Å². The molecule has 2 heterocycles. The van der Waals surface area contributed by atoms with Gasteiger partial charge in [-0.2, -0.15) is 0 Å². The summed E-state index contributed by atoms with van der Waals surface area (Å²) in [6, 6.07) is 12.3. The van der Waals surface area contributed by atoms with E-state index in [2.05, 4.69) is 22.1 Å². The molecule has 2 aromatic heterocycles. The Morgan fingerprint density at radius 3 is 2.88 bits per heavy atom. The lowest BCUT2D eigenvalue weighted by Crippen LogP contribution is -1.80. The van der Waals surface area contributed by atoms with Crippen molar-refractivity contribution in [3.8, 4) is 0 Å². The van der Waals surface area contributed by atoms with Gasteiger partial charge in [0.1, 0.15) is 5.03 Å². The highest BCUT2D eigenvalue weighted by Gasteiger charge is 2.01. The van der Waals surface area contributed by atoms with Gasteiger partial charge in [0.2, 0.25) is 0 Å². The minimum Gasteiger partial charge on any atom is -0.252 e. The van der Waals surface area contributed by atoms with Crippen molar-refractivity contribution < 1.29 is 0 Å². The highest BCUT2D eigenvalue weighted by molar-refractivity contribution is 8.01. The molecule has 0 fully saturated rings. The van der Waals surface area contributed by atoms with Crippen LogP contribution >= 0.6 is 23.1 Å². The van der Waals surface area contributed by atoms with Crippen LogP contribution in [0.3, 0.4) is 0 Å². The van der Waals surface area contributed by atoms with Crippen molar-refractivity contribution in [2.45, 2.75) is 9.24 Å². The topological polar surface area (TPSA) is 25.8 Å². The minimum absolute atomic E-state index is 1.02. The molecule has 0 aliphatic heterocycles. The Balaban J connectivity index is 1.99. The van der Waals surface area contributed by atoms with Crippen molar-refractivity contribution in [3.63, 3.8) is 0 Å². The number of hydrogen-bond acceptors (Lipinski definition) is 4. The van der Waals surface area contributed by atoms with E-state index in [4.69, 9.17) is 0 Å².